The van der Waals surface area contributed by atoms with Crippen LogP contribution in [0.4, 0.5) is 11.4 Å². The van der Waals surface area contributed by atoms with Gasteiger partial charge in [0.25, 0.3) is 5.91 Å². The van der Waals surface area contributed by atoms with E-state index in [2.05, 4.69) is 10.6 Å². The average Bonchev–Trinajstić information content (AvgIpc) is 2.63. The number of aryl methyl sites for hydroxylation is 2. The van der Waals surface area contributed by atoms with E-state index < -0.39 is 18.5 Å². The van der Waals surface area contributed by atoms with Gasteiger partial charge in [0.2, 0.25) is 5.91 Å². The van der Waals surface area contributed by atoms with E-state index in [1.165, 1.54) is 0 Å². The molecule has 0 spiro atoms. The first-order valence-electron chi connectivity index (χ1n) is 8.49. The SMILES string of the molecule is Cc1cccc(NC(=O)CSCC(=O)OCC(=O)Nc2ccc(C)c(Cl)c2)c1. The average molecular weight is 421 g/mol. The molecule has 148 valence electrons. The fraction of sp³-hybridized carbons (Fsp3) is 0.250. The summed E-state index contributed by atoms with van der Waals surface area (Å²) in [6.45, 7) is 3.39. The first kappa shape index (κ1) is 21.8. The molecule has 0 aliphatic heterocycles. The Morgan fingerprint density at radius 1 is 0.964 bits per heavy atom. The monoisotopic (exact) mass is 420 g/mol. The molecule has 2 aromatic rings. The van der Waals surface area contributed by atoms with Gasteiger partial charge in [-0.2, -0.15) is 0 Å². The van der Waals surface area contributed by atoms with Gasteiger partial charge in [-0.25, -0.2) is 0 Å². The molecular weight excluding hydrogens is 400 g/mol. The Morgan fingerprint density at radius 2 is 1.68 bits per heavy atom. The number of thioether (sulfide) groups is 1. The normalized spacial score (nSPS) is 10.2. The van der Waals surface area contributed by atoms with Gasteiger partial charge in [0, 0.05) is 16.4 Å². The predicted octanol–water partition coefficient (Wildman–Crippen LogP) is 3.81. The highest BCUT2D eigenvalue weighted by atomic mass is 35.5. The van der Waals surface area contributed by atoms with Crippen LogP contribution in [0.1, 0.15) is 11.1 Å². The highest BCUT2D eigenvalue weighted by Crippen LogP contribution is 2.19. The van der Waals surface area contributed by atoms with Gasteiger partial charge < -0.3 is 15.4 Å². The summed E-state index contributed by atoms with van der Waals surface area (Å²) in [7, 11) is 0. The maximum absolute atomic E-state index is 11.9. The van der Waals surface area contributed by atoms with Crippen LogP contribution in [-0.2, 0) is 19.1 Å². The first-order chi connectivity index (χ1) is 13.3. The smallest absolute Gasteiger partial charge is 0.316 e. The molecule has 0 unspecified atom stereocenters. The van der Waals surface area contributed by atoms with Crippen LogP contribution in [0.15, 0.2) is 42.5 Å². The highest BCUT2D eigenvalue weighted by Gasteiger charge is 2.10. The zero-order valence-electron chi connectivity index (χ0n) is 15.6. The summed E-state index contributed by atoms with van der Waals surface area (Å²) in [4.78, 5) is 35.4. The summed E-state index contributed by atoms with van der Waals surface area (Å²) in [5, 5.41) is 5.89. The Morgan fingerprint density at radius 3 is 2.39 bits per heavy atom. The van der Waals surface area contributed by atoms with Gasteiger partial charge in [0.1, 0.15) is 0 Å². The Kier molecular flexibility index (Phi) is 8.35. The fourth-order valence-corrected chi connectivity index (χ4v) is 2.99. The topological polar surface area (TPSA) is 84.5 Å². The van der Waals surface area contributed by atoms with Crippen LogP contribution in [0.2, 0.25) is 5.02 Å². The zero-order valence-corrected chi connectivity index (χ0v) is 17.2. The molecule has 2 rings (SSSR count). The summed E-state index contributed by atoms with van der Waals surface area (Å²) in [5.41, 5.74) is 3.18. The molecule has 2 N–H and O–H groups in total. The number of carbonyl (C=O) groups is 3. The minimum Gasteiger partial charge on any atom is -0.455 e. The second-order valence-corrected chi connectivity index (χ2v) is 7.48. The number of hydrogen-bond acceptors (Lipinski definition) is 5. The second-order valence-electron chi connectivity index (χ2n) is 6.08. The predicted molar refractivity (Wildman–Crippen MR) is 113 cm³/mol. The van der Waals surface area contributed by atoms with E-state index in [0.29, 0.717) is 16.4 Å². The quantitative estimate of drug-likeness (QED) is 0.634. The molecular formula is C20H21ClN2O4S. The van der Waals surface area contributed by atoms with Crippen LogP contribution in [0, 0.1) is 13.8 Å². The third kappa shape index (κ3) is 7.62. The van der Waals surface area contributed by atoms with Gasteiger partial charge in [-0.15, -0.1) is 11.8 Å². The molecule has 0 radical (unpaired) electrons. The molecule has 2 aromatic carbocycles. The number of hydrogen-bond donors (Lipinski definition) is 2. The van der Waals surface area contributed by atoms with E-state index in [1.807, 2.05) is 32.0 Å². The van der Waals surface area contributed by atoms with Crippen molar-refractivity contribution in [2.75, 3.05) is 28.7 Å². The lowest BCUT2D eigenvalue weighted by molar-refractivity contribution is -0.144. The van der Waals surface area contributed by atoms with Crippen molar-refractivity contribution in [1.29, 1.82) is 0 Å². The molecule has 6 nitrogen and oxygen atoms in total. The molecule has 0 saturated carbocycles. The van der Waals surface area contributed by atoms with E-state index in [9.17, 15) is 14.4 Å². The molecule has 0 fully saturated rings. The largest absolute Gasteiger partial charge is 0.455 e. The number of carbonyl (C=O) groups excluding carboxylic acids is 3. The lowest BCUT2D eigenvalue weighted by Gasteiger charge is -2.08. The van der Waals surface area contributed by atoms with Crippen molar-refractivity contribution in [3.8, 4) is 0 Å². The van der Waals surface area contributed by atoms with Crippen LogP contribution in [0.3, 0.4) is 0 Å². The summed E-state index contributed by atoms with van der Waals surface area (Å²) in [5.74, 6) is -1.15. The summed E-state index contributed by atoms with van der Waals surface area (Å²) in [6, 6.07) is 12.6. The minimum atomic E-state index is -0.564. The molecule has 2 amide bonds. The molecule has 0 bridgehead atoms. The van der Waals surface area contributed by atoms with E-state index >= 15 is 0 Å². The highest BCUT2D eigenvalue weighted by molar-refractivity contribution is 8.00. The van der Waals surface area contributed by atoms with Gasteiger partial charge in [0.05, 0.1) is 11.5 Å². The van der Waals surface area contributed by atoms with Crippen molar-refractivity contribution in [3.63, 3.8) is 0 Å². The van der Waals surface area contributed by atoms with Crippen LogP contribution in [0.5, 0.6) is 0 Å². The van der Waals surface area contributed by atoms with Crippen molar-refractivity contribution in [1.82, 2.24) is 0 Å². The molecule has 0 atom stereocenters. The van der Waals surface area contributed by atoms with E-state index in [4.69, 9.17) is 16.3 Å². The summed E-state index contributed by atoms with van der Waals surface area (Å²) < 4.78 is 4.91. The maximum atomic E-state index is 11.9. The van der Waals surface area contributed by atoms with Gasteiger partial charge in [-0.3, -0.25) is 14.4 Å². The number of halogens is 1. The first-order valence-corrected chi connectivity index (χ1v) is 10.0. The Bertz CT molecular complexity index is 873. The third-order valence-electron chi connectivity index (χ3n) is 3.57. The molecule has 0 heterocycles. The second kappa shape index (κ2) is 10.7. The van der Waals surface area contributed by atoms with Crippen LogP contribution < -0.4 is 10.6 Å². The number of nitrogens with one attached hydrogen (secondary N) is 2. The van der Waals surface area contributed by atoms with Gasteiger partial charge in [-0.05, 0) is 49.2 Å². The summed E-state index contributed by atoms with van der Waals surface area (Å²) >= 11 is 7.11. The van der Waals surface area contributed by atoms with Crippen molar-refractivity contribution in [2.45, 2.75) is 13.8 Å². The molecule has 0 saturated heterocycles. The van der Waals surface area contributed by atoms with Gasteiger partial charge in [-0.1, -0.05) is 29.8 Å². The number of esters is 1. The molecule has 28 heavy (non-hydrogen) atoms. The molecule has 8 heteroatoms. The molecule has 0 aliphatic carbocycles. The standard InChI is InChI=1S/C20H21ClN2O4S/c1-13-4-3-5-15(8-13)23-19(25)11-28-12-20(26)27-10-18(24)22-16-7-6-14(2)17(21)9-16/h3-9H,10-12H2,1-2H3,(H,22,24)(H,23,25). The van der Waals surface area contributed by atoms with E-state index in [-0.39, 0.29) is 17.4 Å². The van der Waals surface area contributed by atoms with E-state index in [1.54, 1.807) is 24.3 Å². The Balaban J connectivity index is 1.64. The van der Waals surface area contributed by atoms with E-state index in [0.717, 1.165) is 22.9 Å². The Labute approximate surface area is 173 Å². The van der Waals surface area contributed by atoms with Crippen molar-refractivity contribution >= 4 is 52.5 Å². The number of anilines is 2. The maximum Gasteiger partial charge on any atom is 0.316 e. The molecule has 0 aliphatic rings. The lowest BCUT2D eigenvalue weighted by atomic mass is 10.2. The van der Waals surface area contributed by atoms with Crippen LogP contribution in [0.25, 0.3) is 0 Å². The van der Waals surface area contributed by atoms with Gasteiger partial charge >= 0.3 is 5.97 Å². The number of benzene rings is 2. The zero-order chi connectivity index (χ0) is 20.5. The summed E-state index contributed by atoms with van der Waals surface area (Å²) in [6.07, 6.45) is 0. The van der Waals surface area contributed by atoms with Crippen LogP contribution in [-0.4, -0.2) is 35.9 Å². The van der Waals surface area contributed by atoms with Gasteiger partial charge in [0.15, 0.2) is 6.61 Å². The third-order valence-corrected chi connectivity index (χ3v) is 4.89. The lowest BCUT2D eigenvalue weighted by Crippen LogP contribution is -2.22. The fourth-order valence-electron chi connectivity index (χ4n) is 2.20. The van der Waals surface area contributed by atoms with Crippen molar-refractivity contribution in [3.05, 3.63) is 58.6 Å². The Hall–Kier alpha value is -2.51. The number of amides is 2. The number of ether oxygens (including phenoxy) is 1. The van der Waals surface area contributed by atoms with Crippen molar-refractivity contribution in [2.24, 2.45) is 0 Å². The van der Waals surface area contributed by atoms with Crippen LogP contribution >= 0.6 is 23.4 Å². The molecule has 0 aromatic heterocycles. The number of rotatable bonds is 8. The minimum absolute atomic E-state index is 0.0229. The van der Waals surface area contributed by atoms with Crippen molar-refractivity contribution < 1.29 is 19.1 Å².